The first-order valence-corrected chi connectivity index (χ1v) is 13.5. The Balaban J connectivity index is 1.32. The van der Waals surface area contributed by atoms with Crippen molar-refractivity contribution >= 4 is 34.4 Å². The Morgan fingerprint density at radius 2 is 1.88 bits per heavy atom. The second-order valence-electron chi connectivity index (χ2n) is 9.62. The van der Waals surface area contributed by atoms with Gasteiger partial charge in [0.15, 0.2) is 23.8 Å². The fourth-order valence-corrected chi connectivity index (χ4v) is 5.14. The molecule has 1 fully saturated rings. The monoisotopic (exact) mass is 564 g/mol. The highest BCUT2D eigenvalue weighted by Crippen LogP contribution is 2.40. The van der Waals surface area contributed by atoms with E-state index in [1.165, 1.54) is 5.56 Å². The number of H-pyrrole nitrogens is 1. The van der Waals surface area contributed by atoms with Gasteiger partial charge in [-0.15, -0.1) is 0 Å². The molecule has 0 spiro atoms. The van der Waals surface area contributed by atoms with Crippen LogP contribution in [0.15, 0.2) is 48.8 Å². The molecule has 4 aromatic rings. The molecule has 210 valence electrons. The third-order valence-corrected chi connectivity index (χ3v) is 7.46. The van der Waals surface area contributed by atoms with Gasteiger partial charge in [0.1, 0.15) is 11.3 Å². The van der Waals surface area contributed by atoms with Gasteiger partial charge in [-0.25, -0.2) is 9.97 Å². The Morgan fingerprint density at radius 1 is 1.10 bits per heavy atom. The number of carbonyl (C=O) groups excluding carboxylic acids is 1. The summed E-state index contributed by atoms with van der Waals surface area (Å²) in [6, 6.07) is 13.9. The van der Waals surface area contributed by atoms with E-state index in [0.717, 1.165) is 55.0 Å². The summed E-state index contributed by atoms with van der Waals surface area (Å²) in [6.45, 7) is 2.74. The van der Waals surface area contributed by atoms with E-state index in [2.05, 4.69) is 37.6 Å². The summed E-state index contributed by atoms with van der Waals surface area (Å²) in [4.78, 5) is 26.4. The number of rotatable bonds is 10. The minimum absolute atomic E-state index is 0.114. The SMILES string of the molecule is CNC(=O)COc1ccc(-c2nc3nc[nH]c3c(NC3CCN(Cc4ccc(OC)cc4)CC3)c2Cl)cc1OC. The van der Waals surface area contributed by atoms with Gasteiger partial charge in [0.2, 0.25) is 0 Å². The molecule has 10 nitrogen and oxygen atoms in total. The lowest BCUT2D eigenvalue weighted by atomic mass is 10.0. The van der Waals surface area contributed by atoms with Crippen LogP contribution in [0.4, 0.5) is 5.69 Å². The number of likely N-dealkylation sites (N-methyl/N-ethyl adjacent to an activating group) is 1. The Bertz CT molecular complexity index is 1470. The fraction of sp³-hybridized carbons (Fsp3) is 0.345. The van der Waals surface area contributed by atoms with Gasteiger partial charge < -0.3 is 29.8 Å². The minimum Gasteiger partial charge on any atom is -0.497 e. The topological polar surface area (TPSA) is 114 Å². The van der Waals surface area contributed by atoms with Crippen LogP contribution >= 0.6 is 11.6 Å². The molecular weight excluding hydrogens is 532 g/mol. The van der Waals surface area contributed by atoms with E-state index in [1.807, 2.05) is 18.2 Å². The van der Waals surface area contributed by atoms with E-state index in [9.17, 15) is 4.79 Å². The van der Waals surface area contributed by atoms with Gasteiger partial charge in [-0.05, 0) is 48.7 Å². The van der Waals surface area contributed by atoms with Crippen molar-refractivity contribution in [1.82, 2.24) is 25.2 Å². The van der Waals surface area contributed by atoms with Crippen LogP contribution in [0, 0.1) is 0 Å². The molecule has 0 atom stereocenters. The molecule has 0 saturated carbocycles. The number of imidazole rings is 1. The third kappa shape index (κ3) is 6.08. The van der Waals surface area contributed by atoms with Crippen molar-refractivity contribution in [3.05, 3.63) is 59.4 Å². The van der Waals surface area contributed by atoms with Crippen LogP contribution in [-0.2, 0) is 11.3 Å². The number of fused-ring (bicyclic) bond motifs is 1. The van der Waals surface area contributed by atoms with E-state index in [4.69, 9.17) is 30.8 Å². The first kappa shape index (κ1) is 27.5. The number of amides is 1. The lowest BCUT2D eigenvalue weighted by Gasteiger charge is -2.33. The predicted molar refractivity (Wildman–Crippen MR) is 155 cm³/mol. The molecule has 0 bridgehead atoms. The molecule has 0 radical (unpaired) electrons. The highest BCUT2D eigenvalue weighted by molar-refractivity contribution is 6.37. The Morgan fingerprint density at radius 3 is 2.58 bits per heavy atom. The number of aromatic nitrogens is 3. The standard InChI is InChI=1S/C29H33ClN6O4/c1-31-24(37)16-40-22-9-6-19(14-23(22)39-3)26-25(30)27(28-29(35-26)33-17-32-28)34-20-10-12-36(13-11-20)15-18-4-7-21(38-2)8-5-18/h4-9,14,17,20H,10-13,15-16H2,1-3H3,(H,31,37)(H2,32,33,34,35). The molecule has 40 heavy (non-hydrogen) atoms. The average molecular weight is 565 g/mol. The number of anilines is 1. The van der Waals surface area contributed by atoms with Crippen LogP contribution in [0.2, 0.25) is 5.02 Å². The molecule has 2 aromatic heterocycles. The normalized spacial score (nSPS) is 14.2. The van der Waals surface area contributed by atoms with Crippen molar-refractivity contribution < 1.29 is 19.0 Å². The van der Waals surface area contributed by atoms with Gasteiger partial charge in [0, 0.05) is 38.3 Å². The maximum Gasteiger partial charge on any atom is 0.257 e. The average Bonchev–Trinajstić information content (AvgIpc) is 3.47. The number of methoxy groups -OCH3 is 2. The zero-order valence-corrected chi connectivity index (χ0v) is 23.5. The lowest BCUT2D eigenvalue weighted by Crippen LogP contribution is -2.38. The molecule has 1 aliphatic heterocycles. The number of pyridine rings is 1. The highest BCUT2D eigenvalue weighted by Gasteiger charge is 2.24. The van der Waals surface area contributed by atoms with Crippen LogP contribution in [0.3, 0.4) is 0 Å². The zero-order valence-electron chi connectivity index (χ0n) is 22.8. The zero-order chi connectivity index (χ0) is 28.1. The Hall–Kier alpha value is -4.02. The van der Waals surface area contributed by atoms with Crippen molar-refractivity contribution in [3.63, 3.8) is 0 Å². The Labute approximate surface area is 238 Å². The second kappa shape index (κ2) is 12.4. The number of likely N-dealkylation sites (tertiary alicyclic amines) is 1. The van der Waals surface area contributed by atoms with E-state index in [1.54, 1.807) is 39.7 Å². The van der Waals surface area contributed by atoms with Crippen LogP contribution in [-0.4, -0.2) is 72.8 Å². The number of piperidine rings is 1. The summed E-state index contributed by atoms with van der Waals surface area (Å²) in [5.41, 5.74) is 4.72. The largest absolute Gasteiger partial charge is 0.497 e. The summed E-state index contributed by atoms with van der Waals surface area (Å²) in [7, 11) is 4.79. The molecule has 5 rings (SSSR count). The first-order valence-electron chi connectivity index (χ1n) is 13.1. The molecule has 0 aliphatic carbocycles. The summed E-state index contributed by atoms with van der Waals surface area (Å²) in [5.74, 6) is 1.56. The summed E-state index contributed by atoms with van der Waals surface area (Å²) < 4.78 is 16.4. The second-order valence-corrected chi connectivity index (χ2v) is 10.00. The van der Waals surface area contributed by atoms with Crippen molar-refractivity contribution in [1.29, 1.82) is 0 Å². The lowest BCUT2D eigenvalue weighted by molar-refractivity contribution is -0.122. The van der Waals surface area contributed by atoms with E-state index in [0.29, 0.717) is 27.9 Å². The van der Waals surface area contributed by atoms with Crippen LogP contribution in [0.1, 0.15) is 18.4 Å². The summed E-state index contributed by atoms with van der Waals surface area (Å²) in [5, 5.41) is 6.71. The van der Waals surface area contributed by atoms with Gasteiger partial charge in [0.05, 0.1) is 37.0 Å². The molecule has 1 amide bonds. The molecule has 1 saturated heterocycles. The van der Waals surface area contributed by atoms with Crippen LogP contribution in [0.25, 0.3) is 22.4 Å². The molecule has 3 N–H and O–H groups in total. The third-order valence-electron chi connectivity index (χ3n) is 7.09. The number of carbonyl (C=O) groups is 1. The number of hydrogen-bond acceptors (Lipinski definition) is 8. The molecule has 1 aliphatic rings. The van der Waals surface area contributed by atoms with E-state index in [-0.39, 0.29) is 18.6 Å². The minimum atomic E-state index is -0.234. The number of benzene rings is 2. The number of ether oxygens (including phenoxy) is 3. The number of nitrogens with zero attached hydrogens (tertiary/aromatic N) is 3. The van der Waals surface area contributed by atoms with Gasteiger partial charge in [-0.3, -0.25) is 9.69 Å². The van der Waals surface area contributed by atoms with Gasteiger partial charge in [-0.1, -0.05) is 23.7 Å². The molecule has 2 aromatic carbocycles. The van der Waals surface area contributed by atoms with E-state index < -0.39 is 0 Å². The number of nitrogens with one attached hydrogen (secondary N) is 3. The number of hydrogen-bond donors (Lipinski definition) is 3. The Kier molecular flexibility index (Phi) is 8.57. The predicted octanol–water partition coefficient (Wildman–Crippen LogP) is 4.50. The smallest absolute Gasteiger partial charge is 0.257 e. The van der Waals surface area contributed by atoms with Crippen molar-refractivity contribution in [2.45, 2.75) is 25.4 Å². The van der Waals surface area contributed by atoms with Crippen LogP contribution < -0.4 is 24.8 Å². The van der Waals surface area contributed by atoms with Crippen molar-refractivity contribution in [3.8, 4) is 28.5 Å². The summed E-state index contributed by atoms with van der Waals surface area (Å²) >= 11 is 7.00. The first-order chi connectivity index (χ1) is 19.5. The van der Waals surface area contributed by atoms with Gasteiger partial charge >= 0.3 is 0 Å². The molecular formula is C29H33ClN6O4. The number of aromatic amines is 1. The molecule has 0 unspecified atom stereocenters. The van der Waals surface area contributed by atoms with Gasteiger partial charge in [0.25, 0.3) is 5.91 Å². The van der Waals surface area contributed by atoms with Crippen molar-refractivity contribution in [2.24, 2.45) is 0 Å². The van der Waals surface area contributed by atoms with E-state index >= 15 is 0 Å². The highest BCUT2D eigenvalue weighted by atomic mass is 35.5. The maximum atomic E-state index is 11.6. The summed E-state index contributed by atoms with van der Waals surface area (Å²) in [6.07, 6.45) is 3.58. The molecule has 11 heteroatoms. The number of halogens is 1. The van der Waals surface area contributed by atoms with Gasteiger partial charge in [-0.2, -0.15) is 0 Å². The molecule has 3 heterocycles. The fourth-order valence-electron chi connectivity index (χ4n) is 4.84. The quantitative estimate of drug-likeness (QED) is 0.258. The van der Waals surface area contributed by atoms with Crippen LogP contribution in [0.5, 0.6) is 17.2 Å². The van der Waals surface area contributed by atoms with Crippen molar-refractivity contribution in [2.75, 3.05) is 46.3 Å². The maximum absolute atomic E-state index is 11.6.